The molecule has 0 aliphatic carbocycles. The van der Waals surface area contributed by atoms with Gasteiger partial charge in [0.05, 0.1) is 6.54 Å². The summed E-state index contributed by atoms with van der Waals surface area (Å²) in [5.41, 5.74) is 3.17. The highest BCUT2D eigenvalue weighted by molar-refractivity contribution is 5.78. The Labute approximate surface area is 136 Å². The lowest BCUT2D eigenvalue weighted by Crippen LogP contribution is -2.41. The summed E-state index contributed by atoms with van der Waals surface area (Å²) in [6.45, 7) is 2.16. The predicted octanol–water partition coefficient (Wildman–Crippen LogP) is 2.84. The first-order valence-electron chi connectivity index (χ1n) is 7.90. The van der Waals surface area contributed by atoms with E-state index in [1.54, 1.807) is 12.1 Å². The molecular weight excluding hydrogens is 291 g/mol. The van der Waals surface area contributed by atoms with E-state index in [4.69, 9.17) is 0 Å². The lowest BCUT2D eigenvalue weighted by Gasteiger charge is -2.30. The van der Waals surface area contributed by atoms with Gasteiger partial charge in [0.25, 0.3) is 0 Å². The topological polar surface area (TPSA) is 23.6 Å². The van der Waals surface area contributed by atoms with Crippen molar-refractivity contribution in [2.45, 2.75) is 19.5 Å². The number of likely N-dealkylation sites (N-methyl/N-ethyl adjacent to an activating group) is 1. The zero-order chi connectivity index (χ0) is 16.2. The van der Waals surface area contributed by atoms with Crippen molar-refractivity contribution in [1.29, 1.82) is 0 Å². The molecule has 0 spiro atoms. The number of carbonyl (C=O) groups excluding carboxylic acids is 1. The van der Waals surface area contributed by atoms with Crippen LogP contribution in [0.1, 0.15) is 16.7 Å². The minimum absolute atomic E-state index is 0.0957. The third-order valence-corrected chi connectivity index (χ3v) is 4.29. The van der Waals surface area contributed by atoms with Crippen LogP contribution in [0.3, 0.4) is 0 Å². The summed E-state index contributed by atoms with van der Waals surface area (Å²) in [6, 6.07) is 15.0. The molecule has 2 aromatic rings. The van der Waals surface area contributed by atoms with Gasteiger partial charge in [-0.15, -0.1) is 0 Å². The normalized spacial score (nSPS) is 14.0. The number of benzene rings is 2. The Hall–Kier alpha value is -2.20. The average Bonchev–Trinajstić information content (AvgIpc) is 2.56. The molecule has 0 bridgehead atoms. The first-order valence-corrected chi connectivity index (χ1v) is 7.90. The summed E-state index contributed by atoms with van der Waals surface area (Å²) >= 11 is 0. The molecule has 3 rings (SSSR count). The van der Waals surface area contributed by atoms with Crippen LogP contribution in [0.2, 0.25) is 0 Å². The number of amides is 1. The van der Waals surface area contributed by atoms with E-state index in [-0.39, 0.29) is 11.7 Å². The van der Waals surface area contributed by atoms with Crippen molar-refractivity contribution in [3.8, 4) is 0 Å². The number of halogens is 1. The number of fused-ring (bicyclic) bond motifs is 1. The number of carbonyl (C=O) groups is 1. The van der Waals surface area contributed by atoms with Gasteiger partial charge < -0.3 is 4.90 Å². The molecule has 1 heterocycles. The highest BCUT2D eigenvalue weighted by Gasteiger charge is 2.21. The second kappa shape index (κ2) is 6.92. The molecule has 120 valence electrons. The van der Waals surface area contributed by atoms with Gasteiger partial charge in [0.2, 0.25) is 5.91 Å². The molecule has 0 aromatic heterocycles. The lowest BCUT2D eigenvalue weighted by atomic mass is 10.00. The smallest absolute Gasteiger partial charge is 0.237 e. The van der Waals surface area contributed by atoms with Gasteiger partial charge in [0, 0.05) is 25.2 Å². The van der Waals surface area contributed by atoms with Crippen molar-refractivity contribution in [3.05, 3.63) is 71.0 Å². The zero-order valence-corrected chi connectivity index (χ0v) is 13.3. The Bertz CT molecular complexity index is 701. The minimum atomic E-state index is -0.223. The summed E-state index contributed by atoms with van der Waals surface area (Å²) in [7, 11) is 1.85. The van der Waals surface area contributed by atoms with Crippen LogP contribution in [-0.2, 0) is 24.3 Å². The molecule has 0 atom stereocenters. The SMILES string of the molecule is CN(CC(=O)N1CCc2ccccc2C1)Cc1ccccc1F. The summed E-state index contributed by atoms with van der Waals surface area (Å²) in [5.74, 6) is -0.128. The van der Waals surface area contributed by atoms with Crippen molar-refractivity contribution in [3.63, 3.8) is 0 Å². The van der Waals surface area contributed by atoms with E-state index < -0.39 is 0 Å². The molecule has 1 aliphatic heterocycles. The van der Waals surface area contributed by atoms with Crippen LogP contribution in [0.4, 0.5) is 4.39 Å². The fraction of sp³-hybridized carbons (Fsp3) is 0.316. The molecular formula is C19H21FN2O. The first-order chi connectivity index (χ1) is 11.1. The second-order valence-corrected chi connectivity index (χ2v) is 6.10. The molecule has 4 heteroatoms. The van der Waals surface area contributed by atoms with Crippen LogP contribution in [0.5, 0.6) is 0 Å². The van der Waals surface area contributed by atoms with Crippen LogP contribution >= 0.6 is 0 Å². The molecule has 2 aromatic carbocycles. The van der Waals surface area contributed by atoms with Crippen molar-refractivity contribution >= 4 is 5.91 Å². The summed E-state index contributed by atoms with van der Waals surface area (Å²) in [6.07, 6.45) is 0.902. The van der Waals surface area contributed by atoms with Crippen LogP contribution in [0, 0.1) is 5.82 Å². The monoisotopic (exact) mass is 312 g/mol. The average molecular weight is 312 g/mol. The molecule has 1 amide bonds. The Balaban J connectivity index is 1.58. The van der Waals surface area contributed by atoms with Crippen LogP contribution in [0.25, 0.3) is 0 Å². The maximum Gasteiger partial charge on any atom is 0.237 e. The standard InChI is InChI=1S/C19H21FN2O/c1-21(12-17-8-4-5-9-18(17)20)14-19(23)22-11-10-15-6-2-3-7-16(15)13-22/h2-9H,10-14H2,1H3. The Kier molecular flexibility index (Phi) is 4.72. The highest BCUT2D eigenvalue weighted by atomic mass is 19.1. The predicted molar refractivity (Wildman–Crippen MR) is 88.3 cm³/mol. The van der Waals surface area contributed by atoms with Crippen molar-refractivity contribution in [2.75, 3.05) is 20.1 Å². The summed E-state index contributed by atoms with van der Waals surface area (Å²) < 4.78 is 13.7. The quantitative estimate of drug-likeness (QED) is 0.867. The van der Waals surface area contributed by atoms with Crippen molar-refractivity contribution in [2.24, 2.45) is 0 Å². The maximum atomic E-state index is 13.7. The first kappa shape index (κ1) is 15.7. The van der Waals surface area contributed by atoms with Gasteiger partial charge in [-0.1, -0.05) is 42.5 Å². The molecule has 3 nitrogen and oxygen atoms in total. The number of rotatable bonds is 4. The Morgan fingerprint density at radius 3 is 2.61 bits per heavy atom. The molecule has 0 saturated heterocycles. The molecule has 0 unspecified atom stereocenters. The van der Waals surface area contributed by atoms with E-state index in [2.05, 4.69) is 12.1 Å². The molecule has 1 aliphatic rings. The summed E-state index contributed by atoms with van der Waals surface area (Å²) in [4.78, 5) is 16.2. The van der Waals surface area contributed by atoms with Gasteiger partial charge in [-0.05, 0) is 30.7 Å². The van der Waals surface area contributed by atoms with E-state index in [9.17, 15) is 9.18 Å². The van der Waals surface area contributed by atoms with Gasteiger partial charge in [0.1, 0.15) is 5.82 Å². The minimum Gasteiger partial charge on any atom is -0.337 e. The third-order valence-electron chi connectivity index (χ3n) is 4.29. The van der Waals surface area contributed by atoms with E-state index in [1.807, 2.05) is 35.0 Å². The van der Waals surface area contributed by atoms with Crippen LogP contribution in [-0.4, -0.2) is 35.8 Å². The van der Waals surface area contributed by atoms with Crippen molar-refractivity contribution in [1.82, 2.24) is 9.80 Å². The van der Waals surface area contributed by atoms with E-state index >= 15 is 0 Å². The van der Waals surface area contributed by atoms with Gasteiger partial charge in [0.15, 0.2) is 0 Å². The van der Waals surface area contributed by atoms with E-state index in [0.29, 0.717) is 25.2 Å². The van der Waals surface area contributed by atoms with E-state index in [0.717, 1.165) is 13.0 Å². The lowest BCUT2D eigenvalue weighted by molar-refractivity contribution is -0.133. The maximum absolute atomic E-state index is 13.7. The Morgan fingerprint density at radius 1 is 1.13 bits per heavy atom. The largest absolute Gasteiger partial charge is 0.337 e. The third kappa shape index (κ3) is 3.77. The molecule has 23 heavy (non-hydrogen) atoms. The fourth-order valence-electron chi connectivity index (χ4n) is 3.01. The summed E-state index contributed by atoms with van der Waals surface area (Å²) in [5, 5.41) is 0. The molecule has 0 N–H and O–H groups in total. The van der Waals surface area contributed by atoms with Crippen LogP contribution in [0.15, 0.2) is 48.5 Å². The van der Waals surface area contributed by atoms with Crippen LogP contribution < -0.4 is 0 Å². The van der Waals surface area contributed by atoms with Gasteiger partial charge >= 0.3 is 0 Å². The number of hydrogen-bond acceptors (Lipinski definition) is 2. The van der Waals surface area contributed by atoms with Crippen molar-refractivity contribution < 1.29 is 9.18 Å². The van der Waals surface area contributed by atoms with Gasteiger partial charge in [-0.2, -0.15) is 0 Å². The van der Waals surface area contributed by atoms with Gasteiger partial charge in [-0.25, -0.2) is 4.39 Å². The Morgan fingerprint density at radius 2 is 1.83 bits per heavy atom. The number of nitrogens with zero attached hydrogens (tertiary/aromatic N) is 2. The molecule has 0 saturated carbocycles. The zero-order valence-electron chi connectivity index (χ0n) is 13.3. The highest BCUT2D eigenvalue weighted by Crippen LogP contribution is 2.18. The second-order valence-electron chi connectivity index (χ2n) is 6.10. The fourth-order valence-corrected chi connectivity index (χ4v) is 3.01. The van der Waals surface area contributed by atoms with Gasteiger partial charge in [-0.3, -0.25) is 9.69 Å². The molecule has 0 fully saturated rings. The van der Waals surface area contributed by atoms with E-state index in [1.165, 1.54) is 17.2 Å². The molecule has 0 radical (unpaired) electrons. The number of hydrogen-bond donors (Lipinski definition) is 0.